The first-order chi connectivity index (χ1) is 13.5. The lowest BCUT2D eigenvalue weighted by Gasteiger charge is -2.17. The molecule has 0 bridgehead atoms. The number of anilines is 1. The van der Waals surface area contributed by atoms with E-state index >= 15 is 0 Å². The number of hydrogen-bond acceptors (Lipinski definition) is 5. The van der Waals surface area contributed by atoms with Crippen LogP contribution in [0.4, 0.5) is 10.5 Å². The molecule has 0 saturated carbocycles. The molecule has 2 N–H and O–H groups in total. The Morgan fingerprint density at radius 1 is 1.11 bits per heavy atom. The first-order valence-electron chi connectivity index (χ1n) is 9.78. The van der Waals surface area contributed by atoms with Crippen LogP contribution < -0.4 is 10.6 Å². The van der Waals surface area contributed by atoms with Gasteiger partial charge in [-0.2, -0.15) is 0 Å². The van der Waals surface area contributed by atoms with E-state index in [-0.39, 0.29) is 17.8 Å². The summed E-state index contributed by atoms with van der Waals surface area (Å²) in [6.07, 6.45) is 1.45. The predicted molar refractivity (Wildman–Crippen MR) is 108 cm³/mol. The smallest absolute Gasteiger partial charge is 0.319 e. The van der Waals surface area contributed by atoms with Crippen LogP contribution in [0.5, 0.6) is 0 Å². The number of urea groups is 1. The Labute approximate surface area is 166 Å². The predicted octanol–water partition coefficient (Wildman–Crippen LogP) is 2.17. The van der Waals surface area contributed by atoms with Gasteiger partial charge in [0.05, 0.1) is 11.1 Å². The average molecular weight is 390 g/mol. The van der Waals surface area contributed by atoms with E-state index in [0.717, 1.165) is 26.1 Å². The molecule has 1 aliphatic rings. The van der Waals surface area contributed by atoms with Crippen molar-refractivity contribution in [1.82, 2.24) is 15.1 Å². The highest BCUT2D eigenvalue weighted by molar-refractivity contribution is 6.21. The monoisotopic (exact) mass is 390 g/mol. The van der Waals surface area contributed by atoms with Crippen LogP contribution in [-0.4, -0.2) is 74.1 Å². The summed E-state index contributed by atoms with van der Waals surface area (Å²) >= 11 is 0. The van der Waals surface area contributed by atoms with Crippen molar-refractivity contribution >= 4 is 23.5 Å². The van der Waals surface area contributed by atoms with Gasteiger partial charge in [-0.1, -0.05) is 13.8 Å². The van der Waals surface area contributed by atoms with Gasteiger partial charge in [-0.25, -0.2) is 4.79 Å². The fourth-order valence-electron chi connectivity index (χ4n) is 3.16. The van der Waals surface area contributed by atoms with E-state index in [0.29, 0.717) is 42.9 Å². The van der Waals surface area contributed by atoms with Crippen LogP contribution in [-0.2, 0) is 4.74 Å². The SMILES string of the molecule is CCN(CC)CCCNC(=O)Nc1ccc2c(c1)C(=O)N(CCCOC)C2=O. The summed E-state index contributed by atoms with van der Waals surface area (Å²) in [6, 6.07) is 4.45. The van der Waals surface area contributed by atoms with Crippen LogP contribution in [0.15, 0.2) is 18.2 Å². The van der Waals surface area contributed by atoms with Gasteiger partial charge in [-0.3, -0.25) is 14.5 Å². The highest BCUT2D eigenvalue weighted by atomic mass is 16.5. The molecule has 0 atom stereocenters. The molecule has 2 rings (SSSR count). The van der Waals surface area contributed by atoms with Crippen molar-refractivity contribution in [3.8, 4) is 0 Å². The molecule has 0 unspecified atom stereocenters. The minimum Gasteiger partial charge on any atom is -0.385 e. The Bertz CT molecular complexity index is 703. The van der Waals surface area contributed by atoms with Crippen LogP contribution in [0.1, 0.15) is 47.4 Å². The minimum absolute atomic E-state index is 0.302. The number of ether oxygens (including phenoxy) is 1. The minimum atomic E-state index is -0.334. The van der Waals surface area contributed by atoms with E-state index in [1.165, 1.54) is 4.90 Å². The van der Waals surface area contributed by atoms with Crippen molar-refractivity contribution in [3.63, 3.8) is 0 Å². The third-order valence-electron chi connectivity index (χ3n) is 4.79. The maximum atomic E-state index is 12.5. The number of fused-ring (bicyclic) bond motifs is 1. The Kier molecular flexibility index (Phi) is 8.41. The molecule has 154 valence electrons. The second-order valence-corrected chi connectivity index (χ2v) is 6.63. The van der Waals surface area contributed by atoms with Crippen LogP contribution in [0.3, 0.4) is 0 Å². The van der Waals surface area contributed by atoms with E-state index in [9.17, 15) is 14.4 Å². The van der Waals surface area contributed by atoms with Crippen molar-refractivity contribution in [2.75, 3.05) is 51.8 Å². The normalized spacial score (nSPS) is 13.2. The molecule has 0 aliphatic carbocycles. The van der Waals surface area contributed by atoms with Gasteiger partial charge in [0.1, 0.15) is 0 Å². The average Bonchev–Trinajstić information content (AvgIpc) is 2.92. The molecule has 0 saturated heterocycles. The molecule has 1 aliphatic heterocycles. The van der Waals surface area contributed by atoms with Crippen LogP contribution in [0, 0.1) is 0 Å². The van der Waals surface area contributed by atoms with Gasteiger partial charge in [0.25, 0.3) is 11.8 Å². The summed E-state index contributed by atoms with van der Waals surface area (Å²) in [5.41, 5.74) is 1.18. The van der Waals surface area contributed by atoms with Gasteiger partial charge < -0.3 is 20.3 Å². The van der Waals surface area contributed by atoms with E-state index in [1.807, 2.05) is 0 Å². The second-order valence-electron chi connectivity index (χ2n) is 6.63. The quantitative estimate of drug-likeness (QED) is 0.446. The van der Waals surface area contributed by atoms with Gasteiger partial charge >= 0.3 is 6.03 Å². The Hall–Kier alpha value is -2.45. The number of nitrogens with zero attached hydrogens (tertiary/aromatic N) is 2. The summed E-state index contributed by atoms with van der Waals surface area (Å²) in [7, 11) is 1.58. The summed E-state index contributed by atoms with van der Waals surface area (Å²) in [5.74, 6) is -0.636. The molecule has 4 amide bonds. The molecule has 1 aromatic rings. The zero-order valence-corrected chi connectivity index (χ0v) is 16.9. The highest BCUT2D eigenvalue weighted by Gasteiger charge is 2.35. The number of carbonyl (C=O) groups excluding carboxylic acids is 3. The lowest BCUT2D eigenvalue weighted by molar-refractivity contribution is 0.0638. The number of benzene rings is 1. The molecule has 1 aromatic carbocycles. The Morgan fingerprint density at radius 2 is 1.82 bits per heavy atom. The number of carbonyl (C=O) groups is 3. The molecule has 0 aromatic heterocycles. The van der Waals surface area contributed by atoms with Gasteiger partial charge in [0.2, 0.25) is 0 Å². The number of nitrogens with one attached hydrogen (secondary N) is 2. The lowest BCUT2D eigenvalue weighted by atomic mass is 10.1. The van der Waals surface area contributed by atoms with Crippen molar-refractivity contribution in [3.05, 3.63) is 29.3 Å². The van der Waals surface area contributed by atoms with E-state index in [1.54, 1.807) is 25.3 Å². The summed E-state index contributed by atoms with van der Waals surface area (Å²) in [6.45, 7) is 8.51. The fraction of sp³-hybridized carbons (Fsp3) is 0.550. The topological polar surface area (TPSA) is 91.0 Å². The maximum Gasteiger partial charge on any atom is 0.319 e. The molecule has 0 spiro atoms. The largest absolute Gasteiger partial charge is 0.385 e. The van der Waals surface area contributed by atoms with Crippen LogP contribution in [0.25, 0.3) is 0 Å². The van der Waals surface area contributed by atoms with E-state index in [2.05, 4.69) is 29.4 Å². The van der Waals surface area contributed by atoms with Crippen molar-refractivity contribution in [1.29, 1.82) is 0 Å². The highest BCUT2D eigenvalue weighted by Crippen LogP contribution is 2.26. The summed E-state index contributed by atoms with van der Waals surface area (Å²) in [4.78, 5) is 40.5. The second kappa shape index (κ2) is 10.8. The molecular formula is C20H30N4O4. The first-order valence-corrected chi connectivity index (χ1v) is 9.78. The fourth-order valence-corrected chi connectivity index (χ4v) is 3.16. The third kappa shape index (κ3) is 5.53. The molecule has 0 radical (unpaired) electrons. The Morgan fingerprint density at radius 3 is 2.50 bits per heavy atom. The van der Waals surface area contributed by atoms with E-state index < -0.39 is 0 Å². The maximum absolute atomic E-state index is 12.5. The number of amides is 4. The number of methoxy groups -OCH3 is 1. The van der Waals surface area contributed by atoms with Crippen molar-refractivity contribution in [2.24, 2.45) is 0 Å². The lowest BCUT2D eigenvalue weighted by Crippen LogP contribution is -2.32. The number of rotatable bonds is 11. The van der Waals surface area contributed by atoms with Crippen molar-refractivity contribution in [2.45, 2.75) is 26.7 Å². The van der Waals surface area contributed by atoms with Gasteiger partial charge in [-0.05, 0) is 50.7 Å². The summed E-state index contributed by atoms with van der Waals surface area (Å²) < 4.78 is 4.97. The van der Waals surface area contributed by atoms with Gasteiger partial charge in [-0.15, -0.1) is 0 Å². The molecule has 28 heavy (non-hydrogen) atoms. The summed E-state index contributed by atoms with van der Waals surface area (Å²) in [5, 5.41) is 5.54. The van der Waals surface area contributed by atoms with Crippen LogP contribution >= 0.6 is 0 Å². The standard InChI is InChI=1S/C20H30N4O4/c1-4-23(5-2)11-6-10-21-20(27)22-15-8-9-16-17(14-15)19(26)24(18(16)25)12-7-13-28-3/h8-9,14H,4-7,10-13H2,1-3H3,(H2,21,22,27). The van der Waals surface area contributed by atoms with Gasteiger partial charge in [0, 0.05) is 32.5 Å². The molecule has 0 fully saturated rings. The third-order valence-corrected chi connectivity index (χ3v) is 4.79. The van der Waals surface area contributed by atoms with Crippen LogP contribution in [0.2, 0.25) is 0 Å². The zero-order chi connectivity index (χ0) is 20.5. The molecule has 8 heteroatoms. The van der Waals surface area contributed by atoms with Crippen molar-refractivity contribution < 1.29 is 19.1 Å². The number of hydrogen-bond donors (Lipinski definition) is 2. The van der Waals surface area contributed by atoms with Gasteiger partial charge in [0.15, 0.2) is 0 Å². The molecular weight excluding hydrogens is 360 g/mol. The molecule has 1 heterocycles. The molecule has 8 nitrogen and oxygen atoms in total. The first kappa shape index (κ1) is 21.8. The van der Waals surface area contributed by atoms with E-state index in [4.69, 9.17) is 4.74 Å². The number of imide groups is 1. The Balaban J connectivity index is 1.88. The zero-order valence-electron chi connectivity index (χ0n) is 16.9.